The summed E-state index contributed by atoms with van der Waals surface area (Å²) in [7, 11) is 1.50. The summed E-state index contributed by atoms with van der Waals surface area (Å²) in [5, 5.41) is 10.2. The lowest BCUT2D eigenvalue weighted by molar-refractivity contribution is -0.142. The monoisotopic (exact) mass is 389 g/mol. The number of hydrogen-bond donors (Lipinski definition) is 1. The number of rotatable bonds is 3. The van der Waals surface area contributed by atoms with Gasteiger partial charge in [-0.05, 0) is 39.3 Å². The van der Waals surface area contributed by atoms with Gasteiger partial charge in [-0.2, -0.15) is 0 Å². The second-order valence-electron chi connectivity index (χ2n) is 6.90. The Hall–Kier alpha value is -1.66. The second kappa shape index (κ2) is 7.30. The van der Waals surface area contributed by atoms with E-state index in [1.807, 2.05) is 0 Å². The van der Waals surface area contributed by atoms with E-state index in [1.165, 1.54) is 12.0 Å². The number of methoxy groups -OCH3 is 1. The smallest absolute Gasteiger partial charge is 0.411 e. The molecule has 0 radical (unpaired) electrons. The molecule has 6 nitrogen and oxygen atoms in total. The van der Waals surface area contributed by atoms with Crippen LogP contribution in [-0.2, 0) is 9.53 Å². The zero-order chi connectivity index (χ0) is 18.9. The lowest BCUT2D eigenvalue weighted by Gasteiger charge is -2.27. The maximum atomic E-state index is 12.4. The molecule has 138 valence electrons. The van der Waals surface area contributed by atoms with E-state index in [-0.39, 0.29) is 18.9 Å². The minimum Gasteiger partial charge on any atom is -0.496 e. The van der Waals surface area contributed by atoms with Crippen LogP contribution in [0.1, 0.15) is 38.7 Å². The molecule has 0 bridgehead atoms. The third-order valence-corrected chi connectivity index (χ3v) is 4.75. The normalized spacial score (nSPS) is 20.5. The molecule has 1 heterocycles. The zero-order valence-corrected chi connectivity index (χ0v) is 16.0. The molecule has 8 heteroatoms. The molecule has 2 atom stereocenters. The van der Waals surface area contributed by atoms with E-state index in [0.717, 1.165) is 0 Å². The highest BCUT2D eigenvalue weighted by Crippen LogP contribution is 2.43. The van der Waals surface area contributed by atoms with Gasteiger partial charge in [0.25, 0.3) is 0 Å². The van der Waals surface area contributed by atoms with E-state index in [4.69, 9.17) is 32.7 Å². The summed E-state index contributed by atoms with van der Waals surface area (Å²) < 4.78 is 10.7. The number of carboxylic acid groups (broad SMARTS) is 1. The summed E-state index contributed by atoms with van der Waals surface area (Å²) >= 11 is 12.4. The van der Waals surface area contributed by atoms with Gasteiger partial charge in [0, 0.05) is 18.0 Å². The quantitative estimate of drug-likeness (QED) is 0.838. The number of likely N-dealkylation sites (tertiary alicyclic amines) is 1. The van der Waals surface area contributed by atoms with E-state index in [2.05, 4.69) is 0 Å². The van der Waals surface area contributed by atoms with Crippen LogP contribution in [0.5, 0.6) is 5.75 Å². The predicted octanol–water partition coefficient (Wildman–Crippen LogP) is 4.18. The molecule has 0 spiro atoms. The Balaban J connectivity index is 2.36. The van der Waals surface area contributed by atoms with Crippen molar-refractivity contribution in [2.75, 3.05) is 13.7 Å². The van der Waals surface area contributed by atoms with Gasteiger partial charge in [0.2, 0.25) is 0 Å². The first-order valence-electron chi connectivity index (χ1n) is 7.79. The first-order valence-corrected chi connectivity index (χ1v) is 8.55. The van der Waals surface area contributed by atoms with Crippen LogP contribution >= 0.6 is 23.2 Å². The van der Waals surface area contributed by atoms with Gasteiger partial charge in [-0.3, -0.25) is 4.90 Å². The molecule has 0 saturated carbocycles. The molecule has 1 aliphatic heterocycles. The molecule has 0 aromatic heterocycles. The average molecular weight is 390 g/mol. The molecule has 1 aromatic rings. The zero-order valence-electron chi connectivity index (χ0n) is 14.5. The Morgan fingerprint density at radius 2 is 1.92 bits per heavy atom. The van der Waals surface area contributed by atoms with Crippen LogP contribution in [-0.4, -0.2) is 47.4 Å². The van der Waals surface area contributed by atoms with Crippen LogP contribution in [0.2, 0.25) is 10.0 Å². The van der Waals surface area contributed by atoms with Gasteiger partial charge in [0.05, 0.1) is 17.2 Å². The van der Waals surface area contributed by atoms with Gasteiger partial charge in [-0.15, -0.1) is 0 Å². The molecule has 0 unspecified atom stereocenters. The molecule has 1 fully saturated rings. The maximum absolute atomic E-state index is 12.4. The summed E-state index contributed by atoms with van der Waals surface area (Å²) in [4.78, 5) is 25.3. The van der Waals surface area contributed by atoms with Gasteiger partial charge in [-0.25, -0.2) is 9.59 Å². The summed E-state index contributed by atoms with van der Waals surface area (Å²) in [6, 6.07) is 2.29. The average Bonchev–Trinajstić information content (AvgIpc) is 2.93. The lowest BCUT2D eigenvalue weighted by Crippen LogP contribution is -2.43. The largest absolute Gasteiger partial charge is 0.496 e. The lowest BCUT2D eigenvalue weighted by atomic mass is 9.95. The van der Waals surface area contributed by atoms with Crippen molar-refractivity contribution in [2.45, 2.75) is 44.8 Å². The number of carbonyl (C=O) groups excluding carboxylic acids is 1. The number of aliphatic carboxylic acids is 1. The third kappa shape index (κ3) is 4.30. The van der Waals surface area contributed by atoms with Crippen molar-refractivity contribution in [3.05, 3.63) is 27.7 Å². The summed E-state index contributed by atoms with van der Waals surface area (Å²) in [5.41, 5.74) is -0.113. The molecule has 1 aromatic carbocycles. The molecule has 1 saturated heterocycles. The Bertz CT molecular complexity index is 686. The third-order valence-electron chi connectivity index (χ3n) is 3.93. The number of carboxylic acids is 1. The first kappa shape index (κ1) is 19.7. The minimum absolute atomic E-state index is 0.155. The Morgan fingerprint density at radius 1 is 1.28 bits per heavy atom. The van der Waals surface area contributed by atoms with Crippen molar-refractivity contribution in [1.82, 2.24) is 4.90 Å². The van der Waals surface area contributed by atoms with Crippen molar-refractivity contribution in [3.63, 3.8) is 0 Å². The van der Waals surface area contributed by atoms with E-state index in [9.17, 15) is 14.7 Å². The van der Waals surface area contributed by atoms with Crippen LogP contribution in [0.25, 0.3) is 0 Å². The summed E-state index contributed by atoms with van der Waals surface area (Å²) in [6.07, 6.45) is -0.468. The Kier molecular flexibility index (Phi) is 5.74. The molecule has 2 rings (SSSR count). The molecule has 0 aliphatic carbocycles. The van der Waals surface area contributed by atoms with E-state index >= 15 is 0 Å². The number of nitrogens with zero attached hydrogens (tertiary/aromatic N) is 1. The van der Waals surface area contributed by atoms with Gasteiger partial charge < -0.3 is 14.6 Å². The van der Waals surface area contributed by atoms with Crippen LogP contribution < -0.4 is 4.74 Å². The topological polar surface area (TPSA) is 76.1 Å². The second-order valence-corrected chi connectivity index (χ2v) is 7.68. The SMILES string of the molecule is COc1ccc(Cl)c(Cl)c1[C@H]1C[C@H](C(=O)O)N(C(=O)OC(C)(C)C)C1. The van der Waals surface area contributed by atoms with Crippen molar-refractivity contribution in [1.29, 1.82) is 0 Å². The van der Waals surface area contributed by atoms with E-state index in [0.29, 0.717) is 21.4 Å². The maximum Gasteiger partial charge on any atom is 0.411 e. The molecular weight excluding hydrogens is 369 g/mol. The van der Waals surface area contributed by atoms with E-state index in [1.54, 1.807) is 32.9 Å². The highest BCUT2D eigenvalue weighted by molar-refractivity contribution is 6.42. The van der Waals surface area contributed by atoms with Crippen LogP contribution in [0.15, 0.2) is 12.1 Å². The highest BCUT2D eigenvalue weighted by Gasteiger charge is 2.43. The summed E-state index contributed by atoms with van der Waals surface area (Å²) in [5.74, 6) is -0.908. The number of hydrogen-bond acceptors (Lipinski definition) is 4. The molecule has 1 amide bonds. The predicted molar refractivity (Wildman–Crippen MR) is 94.7 cm³/mol. The Morgan fingerprint density at radius 3 is 2.44 bits per heavy atom. The van der Waals surface area contributed by atoms with Crippen molar-refractivity contribution < 1.29 is 24.2 Å². The molecule has 1 aliphatic rings. The first-order chi connectivity index (χ1) is 11.5. The fraction of sp³-hybridized carbons (Fsp3) is 0.529. The standard InChI is InChI=1S/C17H21Cl2NO5/c1-17(2,3)25-16(23)20-8-9(7-11(20)15(21)22)13-12(24-4)6-5-10(18)14(13)19/h5-6,9,11H,7-8H2,1-4H3,(H,21,22)/t9-,11+/m0/s1. The van der Waals surface area contributed by atoms with Gasteiger partial charge in [-0.1, -0.05) is 23.2 Å². The number of ether oxygens (including phenoxy) is 2. The highest BCUT2D eigenvalue weighted by atomic mass is 35.5. The molecule has 1 N–H and O–H groups in total. The van der Waals surface area contributed by atoms with Crippen LogP contribution in [0.3, 0.4) is 0 Å². The fourth-order valence-corrected chi connectivity index (χ4v) is 3.38. The Labute approximate surface area is 156 Å². The summed E-state index contributed by atoms with van der Waals surface area (Å²) in [6.45, 7) is 5.34. The van der Waals surface area contributed by atoms with E-state index < -0.39 is 23.7 Å². The molecular formula is C17H21Cl2NO5. The van der Waals surface area contributed by atoms with Crippen molar-refractivity contribution in [2.24, 2.45) is 0 Å². The van der Waals surface area contributed by atoms with Gasteiger partial charge >= 0.3 is 12.1 Å². The minimum atomic E-state index is -1.09. The number of carbonyl (C=O) groups is 2. The van der Waals surface area contributed by atoms with Gasteiger partial charge in [0.15, 0.2) is 0 Å². The van der Waals surface area contributed by atoms with Crippen molar-refractivity contribution in [3.8, 4) is 5.75 Å². The van der Waals surface area contributed by atoms with Crippen LogP contribution in [0.4, 0.5) is 4.79 Å². The number of amides is 1. The van der Waals surface area contributed by atoms with Crippen LogP contribution in [0, 0.1) is 0 Å². The van der Waals surface area contributed by atoms with Crippen molar-refractivity contribution >= 4 is 35.3 Å². The number of halogens is 2. The van der Waals surface area contributed by atoms with Gasteiger partial charge in [0.1, 0.15) is 17.4 Å². The molecule has 25 heavy (non-hydrogen) atoms. The number of benzene rings is 1. The fourth-order valence-electron chi connectivity index (χ4n) is 2.91.